The molecule has 0 saturated carbocycles. The molecule has 0 atom stereocenters. The first-order chi connectivity index (χ1) is 9.39. The van der Waals surface area contributed by atoms with E-state index >= 15 is 0 Å². The minimum Gasteiger partial charge on any atom is -0.488 e. The van der Waals surface area contributed by atoms with E-state index in [1.165, 1.54) is 0 Å². The fourth-order valence-corrected chi connectivity index (χ4v) is 2.08. The summed E-state index contributed by atoms with van der Waals surface area (Å²) in [6, 6.07) is 12.8. The highest BCUT2D eigenvalue weighted by molar-refractivity contribution is 5.43. The Balaban J connectivity index is 2.22. The number of hydrogen-bond acceptors (Lipinski definition) is 2. The summed E-state index contributed by atoms with van der Waals surface area (Å²) in [7, 11) is 0. The summed E-state index contributed by atoms with van der Waals surface area (Å²) in [4.78, 5) is 0. The van der Waals surface area contributed by atoms with Crippen LogP contribution in [0.5, 0.6) is 5.75 Å². The lowest BCUT2D eigenvalue weighted by molar-refractivity contribution is 0.292. The van der Waals surface area contributed by atoms with Crippen LogP contribution in [-0.4, -0.2) is 0 Å². The van der Waals surface area contributed by atoms with Gasteiger partial charge in [-0.25, -0.2) is 4.39 Å². The Morgan fingerprint density at radius 2 is 1.75 bits per heavy atom. The molecule has 0 aromatic heterocycles. The maximum Gasteiger partial charge on any atom is 0.152 e. The van der Waals surface area contributed by atoms with Crippen molar-refractivity contribution >= 4 is 5.69 Å². The van der Waals surface area contributed by atoms with Crippen LogP contribution >= 0.6 is 0 Å². The van der Waals surface area contributed by atoms with Crippen LogP contribution in [0.1, 0.15) is 31.9 Å². The van der Waals surface area contributed by atoms with Gasteiger partial charge in [0, 0.05) is 5.56 Å². The van der Waals surface area contributed by atoms with E-state index in [4.69, 9.17) is 10.5 Å². The quantitative estimate of drug-likeness (QED) is 0.847. The number of nitrogen functional groups attached to an aromatic ring is 1. The molecule has 0 saturated heterocycles. The summed E-state index contributed by atoms with van der Waals surface area (Å²) in [5.41, 5.74) is 7.25. The largest absolute Gasteiger partial charge is 0.488 e. The Bertz CT molecular complexity index is 602. The molecule has 0 amide bonds. The van der Waals surface area contributed by atoms with Crippen molar-refractivity contribution in [3.8, 4) is 5.75 Å². The third-order valence-corrected chi connectivity index (χ3v) is 3.19. The van der Waals surface area contributed by atoms with Gasteiger partial charge in [-0.1, -0.05) is 51.1 Å². The number of ether oxygens (including phenoxy) is 1. The average Bonchev–Trinajstić information content (AvgIpc) is 2.40. The summed E-state index contributed by atoms with van der Waals surface area (Å²) in [5.74, 6) is 0.377. The van der Waals surface area contributed by atoms with Crippen LogP contribution in [0.3, 0.4) is 0 Å². The van der Waals surface area contributed by atoms with Gasteiger partial charge >= 0.3 is 0 Å². The average molecular weight is 273 g/mol. The third kappa shape index (κ3) is 3.10. The molecular weight excluding hydrogens is 253 g/mol. The second-order valence-corrected chi connectivity index (χ2v) is 5.86. The standard InChI is InChI=1S/C17H20FNO/c1-17(2,3)13-8-4-5-10-15(13)20-11-12-7-6-9-14(19)16(12)18/h4-10H,11,19H2,1-3H3. The normalized spacial score (nSPS) is 11.4. The molecule has 2 N–H and O–H groups in total. The highest BCUT2D eigenvalue weighted by Crippen LogP contribution is 2.31. The Labute approximate surface area is 119 Å². The molecule has 2 aromatic rings. The minimum atomic E-state index is -0.402. The molecule has 0 fully saturated rings. The first-order valence-corrected chi connectivity index (χ1v) is 6.65. The van der Waals surface area contributed by atoms with E-state index < -0.39 is 5.82 Å². The van der Waals surface area contributed by atoms with E-state index in [0.717, 1.165) is 11.3 Å². The second kappa shape index (κ2) is 5.53. The number of halogens is 1. The van der Waals surface area contributed by atoms with E-state index in [9.17, 15) is 4.39 Å². The van der Waals surface area contributed by atoms with Crippen LogP contribution in [0, 0.1) is 5.82 Å². The predicted octanol–water partition coefficient (Wildman–Crippen LogP) is 4.28. The monoisotopic (exact) mass is 273 g/mol. The molecule has 2 rings (SSSR count). The van der Waals surface area contributed by atoms with Crippen molar-refractivity contribution in [3.63, 3.8) is 0 Å². The summed E-state index contributed by atoms with van der Waals surface area (Å²) >= 11 is 0. The Hall–Kier alpha value is -2.03. The summed E-state index contributed by atoms with van der Waals surface area (Å²) in [6.07, 6.45) is 0. The number of nitrogens with two attached hydrogens (primary N) is 1. The van der Waals surface area contributed by atoms with E-state index in [2.05, 4.69) is 20.8 Å². The van der Waals surface area contributed by atoms with Crippen LogP contribution in [0.15, 0.2) is 42.5 Å². The number of hydrogen-bond donors (Lipinski definition) is 1. The van der Waals surface area contributed by atoms with Crippen LogP contribution in [0.25, 0.3) is 0 Å². The molecule has 0 aliphatic carbocycles. The van der Waals surface area contributed by atoms with E-state index in [0.29, 0.717) is 5.56 Å². The van der Waals surface area contributed by atoms with Gasteiger partial charge in [-0.05, 0) is 23.1 Å². The van der Waals surface area contributed by atoms with Gasteiger partial charge in [-0.15, -0.1) is 0 Å². The maximum absolute atomic E-state index is 13.8. The van der Waals surface area contributed by atoms with Crippen LogP contribution in [0.2, 0.25) is 0 Å². The Morgan fingerprint density at radius 1 is 1.05 bits per heavy atom. The summed E-state index contributed by atoms with van der Waals surface area (Å²) in [5, 5.41) is 0. The number of para-hydroxylation sites is 1. The zero-order chi connectivity index (χ0) is 14.8. The molecule has 2 nitrogen and oxygen atoms in total. The highest BCUT2D eigenvalue weighted by Gasteiger charge is 2.18. The maximum atomic E-state index is 13.8. The minimum absolute atomic E-state index is 0.0230. The van der Waals surface area contributed by atoms with Crippen molar-refractivity contribution in [2.24, 2.45) is 0 Å². The van der Waals surface area contributed by atoms with Gasteiger partial charge < -0.3 is 10.5 Å². The summed E-state index contributed by atoms with van der Waals surface area (Å²) in [6.45, 7) is 6.53. The van der Waals surface area contributed by atoms with Crippen molar-refractivity contribution in [1.29, 1.82) is 0 Å². The fraction of sp³-hybridized carbons (Fsp3) is 0.294. The van der Waals surface area contributed by atoms with Gasteiger partial charge in [0.1, 0.15) is 12.4 Å². The zero-order valence-corrected chi connectivity index (χ0v) is 12.1. The van der Waals surface area contributed by atoms with Crippen molar-refractivity contribution < 1.29 is 9.13 Å². The number of rotatable bonds is 3. The Morgan fingerprint density at radius 3 is 2.45 bits per heavy atom. The molecule has 0 unspecified atom stereocenters. The molecular formula is C17H20FNO. The zero-order valence-electron chi connectivity index (χ0n) is 12.1. The summed E-state index contributed by atoms with van der Waals surface area (Å²) < 4.78 is 19.6. The fourth-order valence-electron chi connectivity index (χ4n) is 2.08. The first-order valence-electron chi connectivity index (χ1n) is 6.65. The third-order valence-electron chi connectivity index (χ3n) is 3.19. The first kappa shape index (κ1) is 14.4. The van der Waals surface area contributed by atoms with Crippen molar-refractivity contribution in [2.45, 2.75) is 32.8 Å². The molecule has 3 heteroatoms. The Kier molecular flexibility index (Phi) is 3.98. The van der Waals surface area contributed by atoms with Gasteiger partial charge in [0.05, 0.1) is 5.69 Å². The molecule has 0 aliphatic rings. The number of anilines is 1. The lowest BCUT2D eigenvalue weighted by Gasteiger charge is -2.22. The van der Waals surface area contributed by atoms with Gasteiger partial charge in [-0.3, -0.25) is 0 Å². The van der Waals surface area contributed by atoms with E-state index in [1.54, 1.807) is 18.2 Å². The van der Waals surface area contributed by atoms with E-state index in [-0.39, 0.29) is 17.7 Å². The highest BCUT2D eigenvalue weighted by atomic mass is 19.1. The molecule has 0 aliphatic heterocycles. The molecule has 0 spiro atoms. The number of benzene rings is 2. The van der Waals surface area contributed by atoms with Gasteiger partial charge in [0.25, 0.3) is 0 Å². The van der Waals surface area contributed by atoms with E-state index in [1.807, 2.05) is 24.3 Å². The lowest BCUT2D eigenvalue weighted by Crippen LogP contribution is -2.13. The van der Waals surface area contributed by atoms with Gasteiger partial charge in [-0.2, -0.15) is 0 Å². The van der Waals surface area contributed by atoms with Crippen molar-refractivity contribution in [2.75, 3.05) is 5.73 Å². The van der Waals surface area contributed by atoms with Gasteiger partial charge in [0.2, 0.25) is 0 Å². The molecule has 20 heavy (non-hydrogen) atoms. The molecule has 0 heterocycles. The van der Waals surface area contributed by atoms with Crippen LogP contribution in [0.4, 0.5) is 10.1 Å². The van der Waals surface area contributed by atoms with Crippen molar-refractivity contribution in [3.05, 3.63) is 59.4 Å². The van der Waals surface area contributed by atoms with Crippen molar-refractivity contribution in [1.82, 2.24) is 0 Å². The second-order valence-electron chi connectivity index (χ2n) is 5.86. The van der Waals surface area contributed by atoms with Gasteiger partial charge in [0.15, 0.2) is 5.82 Å². The lowest BCUT2D eigenvalue weighted by atomic mass is 9.86. The predicted molar refractivity (Wildman–Crippen MR) is 80.3 cm³/mol. The molecule has 106 valence electrons. The van der Waals surface area contributed by atoms with Crippen LogP contribution in [-0.2, 0) is 12.0 Å². The molecule has 2 aromatic carbocycles. The smallest absolute Gasteiger partial charge is 0.152 e. The SMILES string of the molecule is CC(C)(C)c1ccccc1OCc1cccc(N)c1F. The molecule has 0 bridgehead atoms. The topological polar surface area (TPSA) is 35.2 Å². The van der Waals surface area contributed by atoms with Crippen LogP contribution < -0.4 is 10.5 Å². The molecule has 0 radical (unpaired) electrons.